The van der Waals surface area contributed by atoms with Crippen LogP contribution >= 0.6 is 11.6 Å². The minimum atomic E-state index is -5.22. The Labute approximate surface area is 410 Å². The maximum Gasteiger partial charge on any atom is 0.294 e. The first-order valence-electron chi connectivity index (χ1n) is 21.3. The molecule has 0 unspecified atom stereocenters. The molecule has 20 nitrogen and oxygen atoms in total. The zero-order valence-electron chi connectivity index (χ0n) is 38.2. The van der Waals surface area contributed by atoms with Gasteiger partial charge in [0.05, 0.1) is 82.7 Å². The molecule has 0 spiro atoms. The molecule has 8 rings (SSSR count). The Hall–Kier alpha value is -7.76. The number of benzene rings is 6. The fourth-order valence-electron chi connectivity index (χ4n) is 8.47. The quantitative estimate of drug-likeness (QED) is 0.0475. The number of hydrogen-bond acceptors (Lipinski definition) is 15. The standard InChI is InChI=1S/C48H41ClN6O14S2/c1-6-53(7-2)70(62,63)26-16-17-37(67-3)36(20-26)51-52-42-32-19-27(71(64,65)66)18-25(23-54-45(58)28-12-8-9-13-29(28)46(54)59)40(32)33(24-55-47(60)30-14-10-11-15-31(30)48(55)61)41(43(42)56)44(57)50-35-21-34(49)38(68-4)22-39(35)69-5/h8-22,56H,6-7,23-24H2,1-5H3,(H,50,57)(H,64,65,66). The number of carbonyl (C=O) groups excluding carboxylic acids is 5. The highest BCUT2D eigenvalue weighted by Crippen LogP contribution is 2.47. The highest BCUT2D eigenvalue weighted by molar-refractivity contribution is 7.89. The summed E-state index contributed by atoms with van der Waals surface area (Å²) in [5, 5.41) is 23.2. The molecule has 366 valence electrons. The first kappa shape index (κ1) is 49.7. The number of phenolic OH excluding ortho intramolecular Hbond substituents is 1. The number of phenols is 1. The summed E-state index contributed by atoms with van der Waals surface area (Å²) in [5.41, 5.74) is -2.30. The van der Waals surface area contributed by atoms with Crippen LogP contribution < -0.4 is 19.5 Å². The van der Waals surface area contributed by atoms with E-state index >= 15 is 4.79 Å². The normalized spacial score (nSPS) is 13.7. The Morgan fingerprint density at radius 2 is 1.23 bits per heavy atom. The van der Waals surface area contributed by atoms with E-state index in [4.69, 9.17) is 25.8 Å². The van der Waals surface area contributed by atoms with Crippen LogP contribution in [0, 0.1) is 0 Å². The molecule has 0 bridgehead atoms. The Kier molecular flexibility index (Phi) is 13.4. The predicted octanol–water partition coefficient (Wildman–Crippen LogP) is 7.76. The highest BCUT2D eigenvalue weighted by atomic mass is 35.5. The number of rotatable bonds is 16. The van der Waals surface area contributed by atoms with Crippen LogP contribution in [0.4, 0.5) is 17.1 Å². The van der Waals surface area contributed by atoms with Crippen LogP contribution in [0.1, 0.15) is 76.8 Å². The van der Waals surface area contributed by atoms with Crippen molar-refractivity contribution in [1.82, 2.24) is 14.1 Å². The van der Waals surface area contributed by atoms with Crippen molar-refractivity contribution in [2.45, 2.75) is 36.7 Å². The van der Waals surface area contributed by atoms with E-state index < -0.39 is 90.0 Å². The molecular formula is C48H41ClN6O14S2. The number of nitrogens with zero attached hydrogens (tertiary/aromatic N) is 5. The summed E-state index contributed by atoms with van der Waals surface area (Å²) in [5.74, 6) is -5.31. The van der Waals surface area contributed by atoms with Gasteiger partial charge in [0.1, 0.15) is 28.6 Å². The third-order valence-electron chi connectivity index (χ3n) is 11.9. The van der Waals surface area contributed by atoms with Gasteiger partial charge in [0.2, 0.25) is 10.0 Å². The van der Waals surface area contributed by atoms with Gasteiger partial charge in [-0.2, -0.15) is 12.7 Å². The van der Waals surface area contributed by atoms with Crippen LogP contribution in [-0.2, 0) is 33.2 Å². The fraction of sp³-hybridized carbons (Fsp3) is 0.188. The number of nitrogens with one attached hydrogen (secondary N) is 1. The van der Waals surface area contributed by atoms with Crippen molar-refractivity contribution in [2.75, 3.05) is 39.7 Å². The Morgan fingerprint density at radius 3 is 1.73 bits per heavy atom. The number of aromatic hydroxyl groups is 1. The average Bonchev–Trinajstić information content (AvgIpc) is 3.73. The van der Waals surface area contributed by atoms with Crippen molar-refractivity contribution >= 4 is 89.1 Å². The molecule has 6 aromatic carbocycles. The maximum atomic E-state index is 15.1. The molecule has 2 aliphatic rings. The van der Waals surface area contributed by atoms with Crippen LogP contribution in [0.5, 0.6) is 23.0 Å². The van der Waals surface area contributed by atoms with E-state index in [1.807, 2.05) is 0 Å². The van der Waals surface area contributed by atoms with E-state index in [9.17, 15) is 45.7 Å². The topological polar surface area (TPSA) is 268 Å². The molecule has 0 atom stereocenters. The molecule has 2 heterocycles. The monoisotopic (exact) mass is 1020 g/mol. The SMILES string of the molecule is CCN(CC)S(=O)(=O)c1ccc(OC)c(N=Nc2c(O)c(C(=O)Nc3cc(Cl)c(OC)cc3OC)c(CN3C(=O)c4ccccc4C3=O)c3c(CN4C(=O)c5ccccc5C4=O)cc(S(=O)(=O)O)cc23)c1. The van der Waals surface area contributed by atoms with E-state index in [-0.39, 0.29) is 90.4 Å². The van der Waals surface area contributed by atoms with Crippen LogP contribution in [0.2, 0.25) is 5.02 Å². The maximum absolute atomic E-state index is 15.1. The summed E-state index contributed by atoms with van der Waals surface area (Å²) in [6.45, 7) is 1.95. The second kappa shape index (κ2) is 19.2. The molecule has 0 fully saturated rings. The van der Waals surface area contributed by atoms with Crippen molar-refractivity contribution in [2.24, 2.45) is 10.2 Å². The molecular weight excluding hydrogens is 984 g/mol. The van der Waals surface area contributed by atoms with Gasteiger partial charge in [-0.3, -0.25) is 38.3 Å². The minimum Gasteiger partial charge on any atom is -0.505 e. The van der Waals surface area contributed by atoms with Crippen LogP contribution in [-0.4, -0.2) is 105 Å². The van der Waals surface area contributed by atoms with Crippen molar-refractivity contribution < 1.29 is 64.7 Å². The fourth-order valence-corrected chi connectivity index (χ4v) is 10.7. The zero-order chi connectivity index (χ0) is 51.3. The highest BCUT2D eigenvalue weighted by Gasteiger charge is 2.40. The molecule has 0 saturated carbocycles. The summed E-state index contributed by atoms with van der Waals surface area (Å²) >= 11 is 6.48. The summed E-state index contributed by atoms with van der Waals surface area (Å²) in [7, 11) is -5.44. The molecule has 0 aliphatic carbocycles. The number of azo groups is 1. The first-order valence-corrected chi connectivity index (χ1v) is 24.6. The lowest BCUT2D eigenvalue weighted by Gasteiger charge is -2.24. The van der Waals surface area contributed by atoms with Crippen LogP contribution in [0.3, 0.4) is 0 Å². The smallest absolute Gasteiger partial charge is 0.294 e. The van der Waals surface area contributed by atoms with Crippen molar-refractivity contribution in [3.8, 4) is 23.0 Å². The van der Waals surface area contributed by atoms with Gasteiger partial charge >= 0.3 is 0 Å². The van der Waals surface area contributed by atoms with Gasteiger partial charge in [0, 0.05) is 24.5 Å². The number of anilines is 1. The number of imide groups is 2. The van der Waals surface area contributed by atoms with Crippen LogP contribution in [0.25, 0.3) is 10.8 Å². The Morgan fingerprint density at radius 1 is 0.690 bits per heavy atom. The molecule has 6 aromatic rings. The number of sulfonamides is 1. The van der Waals surface area contributed by atoms with Crippen molar-refractivity contribution in [3.05, 3.63) is 135 Å². The number of amides is 5. The number of carbonyl (C=O) groups is 5. The van der Waals surface area contributed by atoms with Crippen molar-refractivity contribution in [3.63, 3.8) is 0 Å². The van der Waals surface area contributed by atoms with Gasteiger partial charge < -0.3 is 24.6 Å². The molecule has 23 heteroatoms. The third kappa shape index (κ3) is 8.80. The lowest BCUT2D eigenvalue weighted by Crippen LogP contribution is -2.31. The zero-order valence-corrected chi connectivity index (χ0v) is 40.6. The third-order valence-corrected chi connectivity index (χ3v) is 15.1. The van der Waals surface area contributed by atoms with E-state index in [1.165, 1.54) is 98.4 Å². The van der Waals surface area contributed by atoms with Gasteiger partial charge in [-0.05, 0) is 77.2 Å². The second-order valence-electron chi connectivity index (χ2n) is 15.8. The molecule has 5 amide bonds. The minimum absolute atomic E-state index is 0.000783. The predicted molar refractivity (Wildman–Crippen MR) is 257 cm³/mol. The average molecular weight is 1030 g/mol. The molecule has 0 aromatic heterocycles. The van der Waals surface area contributed by atoms with Gasteiger partial charge in [-0.25, -0.2) is 8.42 Å². The number of fused-ring (bicyclic) bond motifs is 3. The van der Waals surface area contributed by atoms with E-state index in [0.29, 0.717) is 0 Å². The molecule has 3 N–H and O–H groups in total. The Balaban J connectivity index is 1.46. The Bertz CT molecular complexity index is 3480. The number of halogens is 1. The van der Waals surface area contributed by atoms with Gasteiger partial charge in [0.25, 0.3) is 39.7 Å². The summed E-state index contributed by atoms with van der Waals surface area (Å²) < 4.78 is 81.8. The van der Waals surface area contributed by atoms with Gasteiger partial charge in [0.15, 0.2) is 5.75 Å². The number of methoxy groups -OCH3 is 3. The number of hydrogen-bond donors (Lipinski definition) is 3. The summed E-state index contributed by atoms with van der Waals surface area (Å²) in [6, 6.07) is 19.9. The molecule has 0 radical (unpaired) electrons. The van der Waals surface area contributed by atoms with Crippen LogP contribution in [0.15, 0.2) is 111 Å². The van der Waals surface area contributed by atoms with E-state index in [2.05, 4.69) is 15.5 Å². The molecule has 0 saturated heterocycles. The van der Waals surface area contributed by atoms with E-state index in [1.54, 1.807) is 13.8 Å². The summed E-state index contributed by atoms with van der Waals surface area (Å²) in [4.78, 5) is 71.7. The van der Waals surface area contributed by atoms with Gasteiger partial charge in [-0.1, -0.05) is 49.7 Å². The van der Waals surface area contributed by atoms with E-state index in [0.717, 1.165) is 28.0 Å². The second-order valence-corrected chi connectivity index (χ2v) is 19.5. The lowest BCUT2D eigenvalue weighted by molar-refractivity contribution is 0.0629. The van der Waals surface area contributed by atoms with Gasteiger partial charge in [-0.15, -0.1) is 10.2 Å². The molecule has 2 aliphatic heterocycles. The lowest BCUT2D eigenvalue weighted by atomic mass is 9.91. The summed E-state index contributed by atoms with van der Waals surface area (Å²) in [6.07, 6.45) is 0. The number of ether oxygens (including phenoxy) is 3. The van der Waals surface area contributed by atoms with Crippen molar-refractivity contribution in [1.29, 1.82) is 0 Å². The first-order chi connectivity index (χ1) is 33.8. The molecule has 71 heavy (non-hydrogen) atoms. The largest absolute Gasteiger partial charge is 0.505 e.